The van der Waals surface area contributed by atoms with E-state index in [2.05, 4.69) is 4.72 Å². The van der Waals surface area contributed by atoms with Crippen LogP contribution in [0.5, 0.6) is 11.5 Å². The molecule has 1 atom stereocenters. The zero-order chi connectivity index (χ0) is 25.0. The quantitative estimate of drug-likeness (QED) is 0.349. The van der Waals surface area contributed by atoms with Crippen LogP contribution in [0.3, 0.4) is 0 Å². The van der Waals surface area contributed by atoms with Crippen LogP contribution in [0.4, 0.5) is 5.69 Å². The van der Waals surface area contributed by atoms with E-state index in [-0.39, 0.29) is 23.8 Å². The maximum atomic E-state index is 13.3. The lowest BCUT2D eigenvalue weighted by Gasteiger charge is -2.18. The van der Waals surface area contributed by atoms with E-state index in [0.717, 1.165) is 18.4 Å². The maximum Gasteiger partial charge on any atom is 0.269 e. The molecule has 4 rings (SSSR count). The summed E-state index contributed by atoms with van der Waals surface area (Å²) in [4.78, 5) is 23.8. The van der Waals surface area contributed by atoms with Crippen LogP contribution in [-0.4, -0.2) is 26.0 Å². The summed E-state index contributed by atoms with van der Waals surface area (Å²) in [5.41, 5.74) is 2.09. The summed E-state index contributed by atoms with van der Waals surface area (Å²) < 4.78 is 38.8. The average molecular weight is 497 g/mol. The molecule has 0 spiro atoms. The number of nitro groups is 1. The summed E-state index contributed by atoms with van der Waals surface area (Å²) in [6.45, 7) is 2.09. The third kappa shape index (κ3) is 5.60. The van der Waals surface area contributed by atoms with Crippen molar-refractivity contribution in [3.63, 3.8) is 0 Å². The lowest BCUT2D eigenvalue weighted by atomic mass is 9.91. The van der Waals surface area contributed by atoms with E-state index in [1.807, 2.05) is 6.92 Å². The number of sulfonamides is 1. The topological polar surface area (TPSA) is 125 Å². The molecule has 1 unspecified atom stereocenters. The standard InChI is InChI=1S/C25H24N2O7S/c1-2-3-17-6-11-21(12-7-17)35(31,32)26-25(28)22(14-18-4-9-20(10-5-18)27(29)30)19-8-13-23-24(15-19)34-16-33-23/h4-13,15,22H,2-3,14,16H2,1H3,(H,26,28). The van der Waals surface area contributed by atoms with Crippen molar-refractivity contribution in [1.82, 2.24) is 4.72 Å². The number of ether oxygens (including phenoxy) is 2. The fourth-order valence-corrected chi connectivity index (χ4v) is 4.89. The minimum atomic E-state index is -4.11. The molecule has 0 radical (unpaired) electrons. The summed E-state index contributed by atoms with van der Waals surface area (Å²) in [6, 6.07) is 17.2. The van der Waals surface area contributed by atoms with E-state index < -0.39 is 26.8 Å². The van der Waals surface area contributed by atoms with Crippen LogP contribution in [0.25, 0.3) is 0 Å². The number of nitrogens with one attached hydrogen (secondary N) is 1. The second-order valence-corrected chi connectivity index (χ2v) is 9.84. The van der Waals surface area contributed by atoms with Crippen LogP contribution in [0.15, 0.2) is 71.6 Å². The third-order valence-electron chi connectivity index (χ3n) is 5.71. The van der Waals surface area contributed by atoms with Crippen molar-refractivity contribution in [1.29, 1.82) is 0 Å². The number of aryl methyl sites for hydroxylation is 1. The van der Waals surface area contributed by atoms with Gasteiger partial charge >= 0.3 is 0 Å². The average Bonchev–Trinajstić information content (AvgIpc) is 3.31. The monoisotopic (exact) mass is 496 g/mol. The normalized spacial score (nSPS) is 13.3. The second-order valence-electron chi connectivity index (χ2n) is 8.16. The number of amides is 1. The van der Waals surface area contributed by atoms with Crippen LogP contribution < -0.4 is 14.2 Å². The van der Waals surface area contributed by atoms with Gasteiger partial charge in [-0.15, -0.1) is 0 Å². The number of fused-ring (bicyclic) bond motifs is 1. The largest absolute Gasteiger partial charge is 0.454 e. The van der Waals surface area contributed by atoms with Gasteiger partial charge in [0.25, 0.3) is 15.7 Å². The lowest BCUT2D eigenvalue weighted by molar-refractivity contribution is -0.384. The Labute approximate surface area is 202 Å². The molecule has 1 aliphatic heterocycles. The summed E-state index contributed by atoms with van der Waals surface area (Å²) in [5.74, 6) is -0.638. The number of hydrogen-bond donors (Lipinski definition) is 1. The molecule has 35 heavy (non-hydrogen) atoms. The molecule has 9 nitrogen and oxygen atoms in total. The molecule has 1 N–H and O–H groups in total. The Bertz CT molecular complexity index is 1340. The molecule has 1 amide bonds. The number of nitro benzene ring substituents is 1. The van der Waals surface area contributed by atoms with E-state index in [1.165, 1.54) is 24.3 Å². The predicted octanol–water partition coefficient (Wildman–Crippen LogP) is 4.11. The number of non-ortho nitro benzene ring substituents is 1. The van der Waals surface area contributed by atoms with E-state index >= 15 is 0 Å². The van der Waals surface area contributed by atoms with Gasteiger partial charge in [-0.1, -0.05) is 43.7 Å². The molecule has 0 saturated carbocycles. The van der Waals surface area contributed by atoms with Crippen LogP contribution in [-0.2, 0) is 27.7 Å². The molecular weight excluding hydrogens is 472 g/mol. The molecule has 3 aromatic carbocycles. The Morgan fingerprint density at radius 2 is 1.66 bits per heavy atom. The van der Waals surface area contributed by atoms with Crippen LogP contribution in [0.1, 0.15) is 36.0 Å². The van der Waals surface area contributed by atoms with Gasteiger partial charge in [0.2, 0.25) is 12.7 Å². The SMILES string of the molecule is CCCc1ccc(S(=O)(=O)NC(=O)C(Cc2ccc([N+](=O)[O-])cc2)c2ccc3c(c2)OCO3)cc1. The van der Waals surface area contributed by atoms with Crippen molar-refractivity contribution < 1.29 is 27.6 Å². The predicted molar refractivity (Wildman–Crippen MR) is 128 cm³/mol. The number of carbonyl (C=O) groups excluding carboxylic acids is 1. The Balaban J connectivity index is 1.61. The van der Waals surface area contributed by atoms with Crippen molar-refractivity contribution in [2.45, 2.75) is 37.0 Å². The first-order valence-electron chi connectivity index (χ1n) is 11.1. The second kappa shape index (κ2) is 10.1. The molecular formula is C25H24N2O7S. The van der Waals surface area contributed by atoms with Crippen molar-refractivity contribution >= 4 is 21.6 Å². The van der Waals surface area contributed by atoms with E-state index in [4.69, 9.17) is 9.47 Å². The molecule has 3 aromatic rings. The first-order valence-corrected chi connectivity index (χ1v) is 12.5. The molecule has 0 saturated heterocycles. The highest BCUT2D eigenvalue weighted by molar-refractivity contribution is 7.90. The van der Waals surface area contributed by atoms with E-state index in [9.17, 15) is 23.3 Å². The van der Waals surface area contributed by atoms with E-state index in [1.54, 1.807) is 42.5 Å². The van der Waals surface area contributed by atoms with Gasteiger partial charge < -0.3 is 9.47 Å². The van der Waals surface area contributed by atoms with Gasteiger partial charge in [0, 0.05) is 12.1 Å². The molecule has 0 aromatic heterocycles. The zero-order valence-electron chi connectivity index (χ0n) is 19.0. The maximum absolute atomic E-state index is 13.3. The highest BCUT2D eigenvalue weighted by Gasteiger charge is 2.28. The summed E-state index contributed by atoms with van der Waals surface area (Å²) >= 11 is 0. The van der Waals surface area contributed by atoms with Gasteiger partial charge in [-0.2, -0.15) is 0 Å². The van der Waals surface area contributed by atoms with Crippen LogP contribution >= 0.6 is 0 Å². The highest BCUT2D eigenvalue weighted by Crippen LogP contribution is 2.36. The van der Waals surface area contributed by atoms with Crippen molar-refractivity contribution in [2.75, 3.05) is 6.79 Å². The molecule has 1 heterocycles. The van der Waals surface area contributed by atoms with Crippen molar-refractivity contribution in [2.24, 2.45) is 0 Å². The lowest BCUT2D eigenvalue weighted by Crippen LogP contribution is -2.35. The Hall–Kier alpha value is -3.92. The Morgan fingerprint density at radius 3 is 2.31 bits per heavy atom. The minimum Gasteiger partial charge on any atom is -0.454 e. The molecule has 10 heteroatoms. The first kappa shape index (κ1) is 24.2. The van der Waals surface area contributed by atoms with Gasteiger partial charge in [-0.05, 0) is 53.8 Å². The van der Waals surface area contributed by atoms with Gasteiger partial charge in [0.05, 0.1) is 15.7 Å². The third-order valence-corrected chi connectivity index (χ3v) is 7.07. The van der Waals surface area contributed by atoms with Crippen LogP contribution in [0.2, 0.25) is 0 Å². The molecule has 1 aliphatic rings. The number of nitrogens with zero attached hydrogens (tertiary/aromatic N) is 1. The molecule has 182 valence electrons. The van der Waals surface area contributed by atoms with Gasteiger partial charge in [-0.3, -0.25) is 14.9 Å². The van der Waals surface area contributed by atoms with Crippen molar-refractivity contribution in [3.05, 3.63) is 93.5 Å². The number of carbonyl (C=O) groups is 1. The summed E-state index contributed by atoms with van der Waals surface area (Å²) in [7, 11) is -4.11. The first-order chi connectivity index (χ1) is 16.8. The highest BCUT2D eigenvalue weighted by atomic mass is 32.2. The molecule has 0 aliphatic carbocycles. The Kier molecular flexibility index (Phi) is 7.02. The van der Waals surface area contributed by atoms with Gasteiger partial charge in [0.15, 0.2) is 11.5 Å². The number of hydrogen-bond acceptors (Lipinski definition) is 7. The van der Waals surface area contributed by atoms with Gasteiger partial charge in [0.1, 0.15) is 0 Å². The zero-order valence-corrected chi connectivity index (χ0v) is 19.8. The fraction of sp³-hybridized carbons (Fsp3) is 0.240. The summed E-state index contributed by atoms with van der Waals surface area (Å²) in [6.07, 6.45) is 1.88. The fourth-order valence-electron chi connectivity index (χ4n) is 3.87. The van der Waals surface area contributed by atoms with Crippen molar-refractivity contribution in [3.8, 4) is 11.5 Å². The molecule has 0 bridgehead atoms. The number of benzene rings is 3. The molecule has 0 fully saturated rings. The minimum absolute atomic E-state index is 0.00882. The number of rotatable bonds is 9. The van der Waals surface area contributed by atoms with Crippen LogP contribution in [0, 0.1) is 10.1 Å². The Morgan fingerprint density at radius 1 is 1.00 bits per heavy atom. The van der Waals surface area contributed by atoms with E-state index in [0.29, 0.717) is 22.6 Å². The smallest absolute Gasteiger partial charge is 0.269 e. The van der Waals surface area contributed by atoms with Gasteiger partial charge in [-0.25, -0.2) is 13.1 Å². The summed E-state index contributed by atoms with van der Waals surface area (Å²) in [5, 5.41) is 11.0.